The zero-order valence-electron chi connectivity index (χ0n) is 13.7. The molecule has 1 aromatic carbocycles. The molecule has 24 heavy (non-hydrogen) atoms. The third kappa shape index (κ3) is 6.55. The molecule has 0 fully saturated rings. The van der Waals surface area contributed by atoms with Gasteiger partial charge in [-0.2, -0.15) is 0 Å². The van der Waals surface area contributed by atoms with Crippen LogP contribution in [-0.4, -0.2) is 48.4 Å². The van der Waals surface area contributed by atoms with Gasteiger partial charge in [-0.3, -0.25) is 19.7 Å². The highest BCUT2D eigenvalue weighted by Crippen LogP contribution is 2.26. The molecular weight excluding hydrogens is 336 g/mol. The lowest BCUT2D eigenvalue weighted by molar-refractivity contribution is -0.384. The van der Waals surface area contributed by atoms with Crippen molar-refractivity contribution in [2.45, 2.75) is 30.1 Å². The van der Waals surface area contributed by atoms with E-state index in [1.54, 1.807) is 19.1 Å². The average molecular weight is 356 g/mol. The number of nitrogens with one attached hydrogen (secondary N) is 1. The van der Waals surface area contributed by atoms with E-state index in [1.165, 1.54) is 37.9 Å². The van der Waals surface area contributed by atoms with Gasteiger partial charge in [-0.25, -0.2) is 0 Å². The summed E-state index contributed by atoms with van der Waals surface area (Å²) < 4.78 is 9.93. The van der Waals surface area contributed by atoms with Crippen LogP contribution in [-0.2, 0) is 19.1 Å². The first kappa shape index (κ1) is 19.9. The maximum atomic E-state index is 12.0. The Hall–Kier alpha value is -2.13. The van der Waals surface area contributed by atoms with Crippen molar-refractivity contribution in [3.63, 3.8) is 0 Å². The van der Waals surface area contributed by atoms with E-state index in [1.807, 2.05) is 0 Å². The van der Waals surface area contributed by atoms with Crippen LogP contribution in [0, 0.1) is 10.1 Å². The van der Waals surface area contributed by atoms with Gasteiger partial charge in [0.1, 0.15) is 5.25 Å². The van der Waals surface area contributed by atoms with Crippen molar-refractivity contribution in [1.82, 2.24) is 5.32 Å². The Labute approximate surface area is 144 Å². The van der Waals surface area contributed by atoms with Gasteiger partial charge in [0.15, 0.2) is 6.10 Å². The summed E-state index contributed by atoms with van der Waals surface area (Å²) in [6, 6.07) is 5.86. The molecule has 0 aliphatic carbocycles. The molecule has 1 amide bonds. The fourth-order valence-electron chi connectivity index (χ4n) is 1.64. The van der Waals surface area contributed by atoms with Crippen molar-refractivity contribution < 1.29 is 24.0 Å². The smallest absolute Gasteiger partial charge is 0.319 e. The topological polar surface area (TPSA) is 108 Å². The Morgan fingerprint density at radius 2 is 1.92 bits per heavy atom. The standard InChI is InChI=1S/C15H20N2O6S/c1-10(14(18)16-8-9-22-3)23-15(19)11(2)24-13-6-4-12(5-7-13)17(20)21/h4-7,10-11H,8-9H2,1-3H3,(H,16,18)/t10-,11-/m0/s1. The number of nitro groups is 1. The van der Waals surface area contributed by atoms with Crippen LogP contribution in [0.2, 0.25) is 0 Å². The molecule has 1 N–H and O–H groups in total. The van der Waals surface area contributed by atoms with E-state index in [-0.39, 0.29) is 5.69 Å². The molecule has 0 bridgehead atoms. The minimum absolute atomic E-state index is 0.0177. The van der Waals surface area contributed by atoms with Crippen LogP contribution in [0.25, 0.3) is 0 Å². The third-order valence-corrected chi connectivity index (χ3v) is 4.05. The third-order valence-electron chi connectivity index (χ3n) is 2.96. The number of ether oxygens (including phenoxy) is 2. The fraction of sp³-hybridized carbons (Fsp3) is 0.467. The Morgan fingerprint density at radius 3 is 2.46 bits per heavy atom. The Kier molecular flexibility index (Phi) is 8.20. The minimum Gasteiger partial charge on any atom is -0.452 e. The van der Waals surface area contributed by atoms with E-state index < -0.39 is 28.2 Å². The van der Waals surface area contributed by atoms with Gasteiger partial charge in [0.2, 0.25) is 0 Å². The lowest BCUT2D eigenvalue weighted by Gasteiger charge is -2.16. The first-order valence-electron chi connectivity index (χ1n) is 7.23. The van der Waals surface area contributed by atoms with Crippen LogP contribution in [0.1, 0.15) is 13.8 Å². The SMILES string of the molecule is COCCNC(=O)[C@H](C)OC(=O)[C@H](C)Sc1ccc([N+](=O)[O-])cc1. The van der Waals surface area contributed by atoms with Gasteiger partial charge in [0.25, 0.3) is 11.6 Å². The minimum atomic E-state index is -0.908. The van der Waals surface area contributed by atoms with E-state index in [4.69, 9.17) is 9.47 Å². The van der Waals surface area contributed by atoms with Crippen molar-refractivity contribution in [1.29, 1.82) is 0 Å². The van der Waals surface area contributed by atoms with Crippen LogP contribution in [0.5, 0.6) is 0 Å². The first-order valence-corrected chi connectivity index (χ1v) is 8.11. The quantitative estimate of drug-likeness (QED) is 0.236. The maximum absolute atomic E-state index is 12.0. The van der Waals surface area contributed by atoms with E-state index in [0.29, 0.717) is 18.0 Å². The largest absolute Gasteiger partial charge is 0.452 e. The number of benzene rings is 1. The second-order valence-electron chi connectivity index (χ2n) is 4.87. The molecule has 0 saturated heterocycles. The summed E-state index contributed by atoms with van der Waals surface area (Å²) in [4.78, 5) is 34.5. The molecule has 8 nitrogen and oxygen atoms in total. The molecule has 0 aromatic heterocycles. The Bertz CT molecular complexity index is 578. The molecule has 0 aliphatic rings. The average Bonchev–Trinajstić information content (AvgIpc) is 2.55. The Morgan fingerprint density at radius 1 is 1.29 bits per heavy atom. The van der Waals surface area contributed by atoms with Gasteiger partial charge in [0.05, 0.1) is 11.5 Å². The molecule has 132 valence electrons. The number of methoxy groups -OCH3 is 1. The zero-order valence-corrected chi connectivity index (χ0v) is 14.5. The summed E-state index contributed by atoms with van der Waals surface area (Å²) in [5, 5.41) is 12.6. The molecule has 0 radical (unpaired) electrons. The summed E-state index contributed by atoms with van der Waals surface area (Å²) in [7, 11) is 1.52. The summed E-state index contributed by atoms with van der Waals surface area (Å²) in [5.74, 6) is -0.930. The van der Waals surface area contributed by atoms with Crippen molar-refractivity contribution in [3.05, 3.63) is 34.4 Å². The molecule has 1 aromatic rings. The monoisotopic (exact) mass is 356 g/mol. The normalized spacial score (nSPS) is 13.0. The number of amides is 1. The molecular formula is C15H20N2O6S. The number of nitro benzene ring substituents is 1. The lowest BCUT2D eigenvalue weighted by Crippen LogP contribution is -2.38. The van der Waals surface area contributed by atoms with E-state index in [9.17, 15) is 19.7 Å². The molecule has 9 heteroatoms. The van der Waals surface area contributed by atoms with Crippen LogP contribution in [0.3, 0.4) is 0 Å². The summed E-state index contributed by atoms with van der Waals surface area (Å²) in [6.07, 6.45) is -0.908. The number of carbonyl (C=O) groups is 2. The number of non-ortho nitro benzene ring substituents is 1. The number of esters is 1. The van der Waals surface area contributed by atoms with Crippen LogP contribution in [0.4, 0.5) is 5.69 Å². The van der Waals surface area contributed by atoms with Gasteiger partial charge >= 0.3 is 5.97 Å². The zero-order chi connectivity index (χ0) is 18.1. The highest BCUT2D eigenvalue weighted by Gasteiger charge is 2.22. The highest BCUT2D eigenvalue weighted by atomic mass is 32.2. The van der Waals surface area contributed by atoms with Crippen LogP contribution >= 0.6 is 11.8 Å². The summed E-state index contributed by atoms with van der Waals surface area (Å²) >= 11 is 1.20. The maximum Gasteiger partial charge on any atom is 0.319 e. The molecule has 0 spiro atoms. The van der Waals surface area contributed by atoms with E-state index in [2.05, 4.69) is 5.32 Å². The predicted octanol–water partition coefficient (Wildman–Crippen LogP) is 1.77. The van der Waals surface area contributed by atoms with Gasteiger partial charge < -0.3 is 14.8 Å². The van der Waals surface area contributed by atoms with Gasteiger partial charge in [-0.1, -0.05) is 0 Å². The van der Waals surface area contributed by atoms with E-state index >= 15 is 0 Å². The molecule has 0 heterocycles. The van der Waals surface area contributed by atoms with Gasteiger partial charge in [-0.15, -0.1) is 11.8 Å². The second kappa shape index (κ2) is 9.89. The number of nitrogens with zero attached hydrogens (tertiary/aromatic N) is 1. The van der Waals surface area contributed by atoms with E-state index in [0.717, 1.165) is 0 Å². The van der Waals surface area contributed by atoms with Crippen molar-refractivity contribution in [3.8, 4) is 0 Å². The molecule has 0 saturated carbocycles. The first-order chi connectivity index (χ1) is 11.3. The number of carbonyl (C=O) groups excluding carboxylic acids is 2. The summed E-state index contributed by atoms with van der Waals surface area (Å²) in [6.45, 7) is 3.84. The number of hydrogen-bond acceptors (Lipinski definition) is 7. The van der Waals surface area contributed by atoms with Crippen molar-refractivity contribution in [2.75, 3.05) is 20.3 Å². The van der Waals surface area contributed by atoms with Crippen molar-refractivity contribution in [2.24, 2.45) is 0 Å². The number of hydrogen-bond donors (Lipinski definition) is 1. The van der Waals surface area contributed by atoms with Crippen LogP contribution in [0.15, 0.2) is 29.2 Å². The molecule has 0 aliphatic heterocycles. The highest BCUT2D eigenvalue weighted by molar-refractivity contribution is 8.00. The Balaban J connectivity index is 2.49. The molecule has 2 atom stereocenters. The second-order valence-corrected chi connectivity index (χ2v) is 6.29. The molecule has 1 rings (SSSR count). The summed E-state index contributed by atoms with van der Waals surface area (Å²) in [5.41, 5.74) is -0.0177. The molecule has 0 unspecified atom stereocenters. The number of rotatable bonds is 9. The van der Waals surface area contributed by atoms with Crippen LogP contribution < -0.4 is 5.32 Å². The fourth-order valence-corrected chi connectivity index (χ4v) is 2.50. The van der Waals surface area contributed by atoms with Gasteiger partial charge in [0, 0.05) is 30.7 Å². The lowest BCUT2D eigenvalue weighted by atomic mass is 10.3. The van der Waals surface area contributed by atoms with Gasteiger partial charge in [-0.05, 0) is 26.0 Å². The predicted molar refractivity (Wildman–Crippen MR) is 88.9 cm³/mol. The number of thioether (sulfide) groups is 1. The van der Waals surface area contributed by atoms with Crippen molar-refractivity contribution >= 4 is 29.3 Å².